The highest BCUT2D eigenvalue weighted by atomic mass is 16.2. The van der Waals surface area contributed by atoms with Crippen LogP contribution in [0.25, 0.3) is 0 Å². The molecule has 3 aromatic rings. The van der Waals surface area contributed by atoms with E-state index in [0.717, 1.165) is 76.2 Å². The van der Waals surface area contributed by atoms with Gasteiger partial charge in [-0.2, -0.15) is 5.26 Å². The first kappa shape index (κ1) is 28.1. The Morgan fingerprint density at radius 2 is 1.50 bits per heavy atom. The maximum atomic E-state index is 13.5. The molecule has 6 rings (SSSR count). The zero-order valence-corrected chi connectivity index (χ0v) is 24.6. The van der Waals surface area contributed by atoms with E-state index in [1.807, 2.05) is 54.0 Å². The normalized spacial score (nSPS) is 21.6. The summed E-state index contributed by atoms with van der Waals surface area (Å²) in [5, 5.41) is 9.22. The van der Waals surface area contributed by atoms with E-state index in [2.05, 4.69) is 46.3 Å². The molecule has 3 saturated heterocycles. The molecule has 2 atom stereocenters. The standard InChI is InChI=1S/C35H39N5O2/c1-25-19-31(20-36)37-26(2)32(25)34(42)40-23-28-21-38(22-29(28)24-40)16-13-35(30-11-7-4-8-12-30)14-17-39(18-15-35)33(41)27-9-5-3-6-10-27/h3-12,19,28-29H,13-18,21-24H2,1-2H3. The van der Waals surface area contributed by atoms with E-state index in [0.29, 0.717) is 28.8 Å². The van der Waals surface area contributed by atoms with Gasteiger partial charge in [0.2, 0.25) is 0 Å². The van der Waals surface area contributed by atoms with Crippen molar-refractivity contribution in [3.05, 3.63) is 100 Å². The summed E-state index contributed by atoms with van der Waals surface area (Å²) in [6.45, 7) is 9.88. The Kier molecular flexibility index (Phi) is 7.83. The average Bonchev–Trinajstić information content (AvgIpc) is 3.60. The van der Waals surface area contributed by atoms with Crippen LogP contribution in [0.15, 0.2) is 66.7 Å². The number of fused-ring (bicyclic) bond motifs is 1. The van der Waals surface area contributed by atoms with Crippen molar-refractivity contribution in [2.45, 2.75) is 38.5 Å². The van der Waals surface area contributed by atoms with Crippen LogP contribution in [0.3, 0.4) is 0 Å². The smallest absolute Gasteiger partial charge is 0.255 e. The molecule has 2 unspecified atom stereocenters. The van der Waals surface area contributed by atoms with Crippen molar-refractivity contribution in [2.75, 3.05) is 45.8 Å². The summed E-state index contributed by atoms with van der Waals surface area (Å²) in [6.07, 6.45) is 3.01. The second-order valence-corrected chi connectivity index (χ2v) is 12.4. The Hall–Kier alpha value is -4.02. The molecule has 0 saturated carbocycles. The highest BCUT2D eigenvalue weighted by Crippen LogP contribution is 2.40. The van der Waals surface area contributed by atoms with Gasteiger partial charge in [-0.25, -0.2) is 4.98 Å². The molecule has 2 amide bonds. The van der Waals surface area contributed by atoms with E-state index in [1.165, 1.54) is 5.56 Å². The number of hydrogen-bond donors (Lipinski definition) is 0. The molecule has 42 heavy (non-hydrogen) atoms. The molecule has 0 radical (unpaired) electrons. The van der Waals surface area contributed by atoms with Gasteiger partial charge in [0.15, 0.2) is 0 Å². The maximum absolute atomic E-state index is 13.5. The van der Waals surface area contributed by atoms with Gasteiger partial charge in [0.05, 0.1) is 11.3 Å². The highest BCUT2D eigenvalue weighted by molar-refractivity contribution is 5.97. The van der Waals surface area contributed by atoms with E-state index < -0.39 is 0 Å². The quantitative estimate of drug-likeness (QED) is 0.430. The molecular weight excluding hydrogens is 522 g/mol. The van der Waals surface area contributed by atoms with Crippen molar-refractivity contribution in [1.29, 1.82) is 5.26 Å². The molecule has 0 N–H and O–H groups in total. The van der Waals surface area contributed by atoms with Crippen molar-refractivity contribution >= 4 is 11.8 Å². The monoisotopic (exact) mass is 561 g/mol. The van der Waals surface area contributed by atoms with Gasteiger partial charge in [-0.05, 0) is 86.2 Å². The van der Waals surface area contributed by atoms with Crippen LogP contribution in [0, 0.1) is 37.0 Å². The minimum Gasteiger partial charge on any atom is -0.339 e. The molecule has 7 nitrogen and oxygen atoms in total. The summed E-state index contributed by atoms with van der Waals surface area (Å²) in [5.74, 6) is 1.14. The fourth-order valence-electron chi connectivity index (χ4n) is 7.56. The summed E-state index contributed by atoms with van der Waals surface area (Å²) in [5.41, 5.74) is 4.68. The lowest BCUT2D eigenvalue weighted by Crippen LogP contribution is -2.46. The third-order valence-electron chi connectivity index (χ3n) is 9.90. The van der Waals surface area contributed by atoms with Crippen LogP contribution < -0.4 is 0 Å². The summed E-state index contributed by atoms with van der Waals surface area (Å²) in [4.78, 5) is 37.5. The first-order valence-corrected chi connectivity index (χ1v) is 15.2. The van der Waals surface area contributed by atoms with Crippen molar-refractivity contribution in [1.82, 2.24) is 19.7 Å². The third-order valence-corrected chi connectivity index (χ3v) is 9.90. The molecule has 2 aromatic carbocycles. The number of rotatable bonds is 6. The van der Waals surface area contributed by atoms with Crippen molar-refractivity contribution in [3.63, 3.8) is 0 Å². The second-order valence-electron chi connectivity index (χ2n) is 12.4. The number of nitrogens with zero attached hydrogens (tertiary/aromatic N) is 5. The van der Waals surface area contributed by atoms with E-state index in [-0.39, 0.29) is 17.2 Å². The number of aromatic nitrogens is 1. The SMILES string of the molecule is Cc1cc(C#N)nc(C)c1C(=O)N1CC2CN(CCC3(c4ccccc4)CCN(C(=O)c4ccccc4)CC3)CC2C1. The minimum absolute atomic E-state index is 0.0442. The lowest BCUT2D eigenvalue weighted by atomic mass is 9.70. The predicted octanol–water partition coefficient (Wildman–Crippen LogP) is 4.84. The molecular formula is C35H39N5O2. The molecule has 0 spiro atoms. The van der Waals surface area contributed by atoms with Crippen LogP contribution in [0.4, 0.5) is 0 Å². The summed E-state index contributed by atoms with van der Waals surface area (Å²) in [6, 6.07) is 24.3. The van der Waals surface area contributed by atoms with Crippen LogP contribution in [-0.2, 0) is 5.41 Å². The van der Waals surface area contributed by atoms with Gasteiger partial charge < -0.3 is 14.7 Å². The number of piperidine rings is 1. The van der Waals surface area contributed by atoms with E-state index in [4.69, 9.17) is 0 Å². The van der Waals surface area contributed by atoms with Crippen LogP contribution in [0.5, 0.6) is 0 Å². The third kappa shape index (κ3) is 5.44. The molecule has 0 bridgehead atoms. The number of likely N-dealkylation sites (tertiary alicyclic amines) is 3. The Morgan fingerprint density at radius 3 is 2.10 bits per heavy atom. The molecule has 7 heteroatoms. The largest absolute Gasteiger partial charge is 0.339 e. The topological polar surface area (TPSA) is 80.5 Å². The summed E-state index contributed by atoms with van der Waals surface area (Å²) >= 11 is 0. The van der Waals surface area contributed by atoms with E-state index in [1.54, 1.807) is 6.07 Å². The van der Waals surface area contributed by atoms with Gasteiger partial charge in [-0.15, -0.1) is 0 Å². The van der Waals surface area contributed by atoms with Gasteiger partial charge >= 0.3 is 0 Å². The van der Waals surface area contributed by atoms with Gasteiger partial charge in [0.25, 0.3) is 11.8 Å². The second kappa shape index (κ2) is 11.7. The van der Waals surface area contributed by atoms with Gasteiger partial charge in [-0.3, -0.25) is 9.59 Å². The number of aryl methyl sites for hydroxylation is 2. The van der Waals surface area contributed by atoms with Gasteiger partial charge in [-0.1, -0.05) is 48.5 Å². The number of pyridine rings is 1. The Morgan fingerprint density at radius 1 is 0.881 bits per heavy atom. The zero-order chi connectivity index (χ0) is 29.3. The fraction of sp³-hybridized carbons (Fsp3) is 0.429. The molecule has 4 heterocycles. The maximum Gasteiger partial charge on any atom is 0.255 e. The predicted molar refractivity (Wildman–Crippen MR) is 162 cm³/mol. The van der Waals surface area contributed by atoms with Crippen LogP contribution in [-0.4, -0.2) is 77.3 Å². The summed E-state index contributed by atoms with van der Waals surface area (Å²) < 4.78 is 0. The number of amides is 2. The van der Waals surface area contributed by atoms with Gasteiger partial charge in [0.1, 0.15) is 11.8 Å². The van der Waals surface area contributed by atoms with Crippen molar-refractivity contribution in [3.8, 4) is 6.07 Å². The first-order valence-electron chi connectivity index (χ1n) is 15.2. The Balaban J connectivity index is 1.08. The number of carbonyl (C=O) groups is 2. The Bertz CT molecular complexity index is 1450. The number of benzene rings is 2. The molecule has 3 fully saturated rings. The number of nitriles is 1. The molecule has 3 aliphatic heterocycles. The summed E-state index contributed by atoms with van der Waals surface area (Å²) in [7, 11) is 0. The van der Waals surface area contributed by atoms with E-state index in [9.17, 15) is 14.9 Å². The number of carbonyl (C=O) groups excluding carboxylic acids is 2. The van der Waals surface area contributed by atoms with Crippen molar-refractivity contribution < 1.29 is 9.59 Å². The fourth-order valence-corrected chi connectivity index (χ4v) is 7.56. The zero-order valence-electron chi connectivity index (χ0n) is 24.6. The first-order chi connectivity index (χ1) is 20.4. The molecule has 0 aliphatic carbocycles. The van der Waals surface area contributed by atoms with E-state index >= 15 is 0 Å². The van der Waals surface area contributed by atoms with Crippen molar-refractivity contribution in [2.24, 2.45) is 11.8 Å². The lowest BCUT2D eigenvalue weighted by Gasteiger charge is -2.43. The minimum atomic E-state index is 0.0442. The molecule has 216 valence electrons. The van der Waals surface area contributed by atoms with Crippen LogP contribution in [0.2, 0.25) is 0 Å². The molecule has 3 aliphatic rings. The van der Waals surface area contributed by atoms with Crippen LogP contribution >= 0.6 is 0 Å². The van der Waals surface area contributed by atoms with Crippen LogP contribution in [0.1, 0.15) is 62.5 Å². The highest BCUT2D eigenvalue weighted by Gasteiger charge is 2.43. The van der Waals surface area contributed by atoms with Gasteiger partial charge in [0, 0.05) is 44.8 Å². The average molecular weight is 562 g/mol. The molecule has 1 aromatic heterocycles. The number of hydrogen-bond acceptors (Lipinski definition) is 5. The Labute approximate surface area is 248 Å². The lowest BCUT2D eigenvalue weighted by molar-refractivity contribution is 0.0650.